The van der Waals surface area contributed by atoms with E-state index in [-0.39, 0.29) is 6.10 Å². The van der Waals surface area contributed by atoms with E-state index < -0.39 is 0 Å². The first-order valence-corrected chi connectivity index (χ1v) is 5.50. The molecule has 0 amide bonds. The zero-order valence-corrected chi connectivity index (χ0v) is 8.96. The fraction of sp³-hybridized carbons (Fsp3) is 0.538. The predicted molar refractivity (Wildman–Crippen MR) is 58.3 cm³/mol. The van der Waals surface area contributed by atoms with Crippen LogP contribution in [0.3, 0.4) is 0 Å². The maximum Gasteiger partial charge on any atom is 0.0762 e. The number of aliphatic hydroxyl groups excluding tert-OH is 1. The van der Waals surface area contributed by atoms with Gasteiger partial charge in [-0.15, -0.1) is 0 Å². The summed E-state index contributed by atoms with van der Waals surface area (Å²) in [7, 11) is 0. The Morgan fingerprint density at radius 2 is 2.07 bits per heavy atom. The Bertz CT molecular complexity index is 328. The van der Waals surface area contributed by atoms with Gasteiger partial charge in [0, 0.05) is 0 Å². The second-order valence-electron chi connectivity index (χ2n) is 4.39. The first kappa shape index (κ1) is 9.72. The monoisotopic (exact) mass is 190 g/mol. The number of benzene rings is 1. The zero-order chi connectivity index (χ0) is 10.1. The molecule has 14 heavy (non-hydrogen) atoms. The summed E-state index contributed by atoms with van der Waals surface area (Å²) in [5, 5.41) is 9.48. The topological polar surface area (TPSA) is 20.2 Å². The van der Waals surface area contributed by atoms with Crippen LogP contribution in [0.5, 0.6) is 0 Å². The second-order valence-corrected chi connectivity index (χ2v) is 4.39. The predicted octanol–water partition coefficient (Wildman–Crippen LogP) is 2.86. The van der Waals surface area contributed by atoms with E-state index in [4.69, 9.17) is 0 Å². The third-order valence-corrected chi connectivity index (χ3v) is 3.31. The van der Waals surface area contributed by atoms with Crippen molar-refractivity contribution in [1.82, 2.24) is 0 Å². The molecule has 1 aliphatic carbocycles. The lowest BCUT2D eigenvalue weighted by atomic mass is 10.0. The van der Waals surface area contributed by atoms with Crippen molar-refractivity contribution >= 4 is 0 Å². The van der Waals surface area contributed by atoms with E-state index in [0.717, 1.165) is 11.5 Å². The van der Waals surface area contributed by atoms with Gasteiger partial charge in [-0.25, -0.2) is 0 Å². The molecule has 0 spiro atoms. The molecule has 0 saturated heterocycles. The molecular weight excluding hydrogens is 172 g/mol. The van der Waals surface area contributed by atoms with Crippen LogP contribution in [0.4, 0.5) is 0 Å². The molecule has 1 aromatic rings. The summed E-state index contributed by atoms with van der Waals surface area (Å²) in [5.74, 6) is 0.828. The van der Waals surface area contributed by atoms with Crippen molar-refractivity contribution in [2.75, 3.05) is 0 Å². The van der Waals surface area contributed by atoms with Crippen LogP contribution in [0.15, 0.2) is 18.2 Å². The van der Waals surface area contributed by atoms with Crippen molar-refractivity contribution < 1.29 is 5.11 Å². The molecule has 1 aliphatic rings. The van der Waals surface area contributed by atoms with Crippen LogP contribution in [0.2, 0.25) is 0 Å². The van der Waals surface area contributed by atoms with Gasteiger partial charge in [0.25, 0.3) is 0 Å². The largest absolute Gasteiger partial charge is 0.389 e. The van der Waals surface area contributed by atoms with E-state index in [1.54, 1.807) is 0 Å². The van der Waals surface area contributed by atoms with Gasteiger partial charge in [0.1, 0.15) is 0 Å². The molecule has 0 fully saturated rings. The minimum absolute atomic E-state index is 0.332. The van der Waals surface area contributed by atoms with Gasteiger partial charge >= 0.3 is 0 Å². The van der Waals surface area contributed by atoms with Crippen LogP contribution in [0.1, 0.15) is 43.1 Å². The first-order valence-electron chi connectivity index (χ1n) is 5.50. The van der Waals surface area contributed by atoms with Gasteiger partial charge in [0.15, 0.2) is 0 Å². The molecule has 76 valence electrons. The van der Waals surface area contributed by atoms with Crippen molar-refractivity contribution in [3.8, 4) is 0 Å². The van der Waals surface area contributed by atoms with E-state index >= 15 is 0 Å². The normalized spacial score (nSPS) is 22.1. The zero-order valence-electron chi connectivity index (χ0n) is 8.96. The average Bonchev–Trinajstić information content (AvgIpc) is 2.58. The molecule has 0 heterocycles. The van der Waals surface area contributed by atoms with Crippen LogP contribution < -0.4 is 0 Å². The van der Waals surface area contributed by atoms with Gasteiger partial charge in [-0.1, -0.05) is 31.5 Å². The Morgan fingerprint density at radius 3 is 2.71 bits per heavy atom. The van der Waals surface area contributed by atoms with Gasteiger partial charge in [-0.3, -0.25) is 0 Å². The highest BCUT2D eigenvalue weighted by Gasteiger charge is 2.20. The van der Waals surface area contributed by atoms with Crippen molar-refractivity contribution in [3.63, 3.8) is 0 Å². The molecule has 1 heteroatoms. The Balaban J connectivity index is 2.26. The van der Waals surface area contributed by atoms with E-state index in [9.17, 15) is 5.11 Å². The molecule has 1 aromatic carbocycles. The highest BCUT2D eigenvalue weighted by atomic mass is 16.3. The maximum atomic E-state index is 9.48. The highest BCUT2D eigenvalue weighted by molar-refractivity contribution is 5.36. The molecule has 2 rings (SSSR count). The van der Waals surface area contributed by atoms with E-state index in [1.807, 2.05) is 6.92 Å². The van der Waals surface area contributed by atoms with E-state index in [2.05, 4.69) is 25.1 Å². The molecule has 0 unspecified atom stereocenters. The van der Waals surface area contributed by atoms with Gasteiger partial charge in [-0.05, 0) is 42.4 Å². The van der Waals surface area contributed by atoms with Crippen molar-refractivity contribution in [1.29, 1.82) is 0 Å². The highest BCUT2D eigenvalue weighted by Crippen LogP contribution is 2.30. The van der Waals surface area contributed by atoms with Crippen LogP contribution in [-0.2, 0) is 12.8 Å². The Morgan fingerprint density at radius 1 is 1.36 bits per heavy atom. The average molecular weight is 190 g/mol. The van der Waals surface area contributed by atoms with Gasteiger partial charge < -0.3 is 5.11 Å². The number of hydrogen-bond donors (Lipinski definition) is 1. The molecule has 0 aliphatic heterocycles. The number of hydrogen-bond acceptors (Lipinski definition) is 1. The molecule has 0 saturated carbocycles. The summed E-state index contributed by atoms with van der Waals surface area (Å²) in [5.41, 5.74) is 4.00. The minimum atomic E-state index is -0.332. The number of aliphatic hydroxyl groups is 1. The molecule has 0 radical (unpaired) electrons. The lowest BCUT2D eigenvalue weighted by Crippen LogP contribution is -1.95. The molecular formula is C13H18O. The quantitative estimate of drug-likeness (QED) is 0.760. The molecule has 0 aromatic heterocycles. The Labute approximate surface area is 85.8 Å². The van der Waals surface area contributed by atoms with Crippen LogP contribution in [0.25, 0.3) is 0 Å². The fourth-order valence-corrected chi connectivity index (χ4v) is 2.28. The van der Waals surface area contributed by atoms with Crippen LogP contribution >= 0.6 is 0 Å². The molecule has 2 atom stereocenters. The second kappa shape index (κ2) is 3.74. The van der Waals surface area contributed by atoms with Crippen molar-refractivity contribution in [2.45, 2.75) is 39.2 Å². The molecule has 1 N–H and O–H groups in total. The Kier molecular flexibility index (Phi) is 2.60. The lowest BCUT2D eigenvalue weighted by Gasteiger charge is -2.06. The summed E-state index contributed by atoms with van der Waals surface area (Å²) in [6, 6.07) is 6.42. The summed E-state index contributed by atoms with van der Waals surface area (Å²) in [6.45, 7) is 4.08. The van der Waals surface area contributed by atoms with Crippen LogP contribution in [-0.4, -0.2) is 5.11 Å². The van der Waals surface area contributed by atoms with Gasteiger partial charge in [-0.2, -0.15) is 0 Å². The minimum Gasteiger partial charge on any atom is -0.389 e. The smallest absolute Gasteiger partial charge is 0.0762 e. The third-order valence-electron chi connectivity index (χ3n) is 3.31. The van der Waals surface area contributed by atoms with Crippen LogP contribution in [0, 0.1) is 5.92 Å². The summed E-state index contributed by atoms with van der Waals surface area (Å²) >= 11 is 0. The molecule has 1 nitrogen and oxygen atoms in total. The summed E-state index contributed by atoms with van der Waals surface area (Å²) < 4.78 is 0. The lowest BCUT2D eigenvalue weighted by molar-refractivity contribution is 0.199. The summed E-state index contributed by atoms with van der Waals surface area (Å²) in [6.07, 6.45) is 3.36. The van der Waals surface area contributed by atoms with Gasteiger partial charge in [0.2, 0.25) is 0 Å². The number of fused-ring (bicyclic) bond motifs is 1. The van der Waals surface area contributed by atoms with E-state index in [1.165, 1.54) is 30.4 Å². The van der Waals surface area contributed by atoms with Crippen molar-refractivity contribution in [2.24, 2.45) is 5.92 Å². The SMILES string of the molecule is CC[C@@H]1Cc2ccc([C@@H](C)O)cc2C1. The fourth-order valence-electron chi connectivity index (χ4n) is 2.28. The maximum absolute atomic E-state index is 9.48. The molecule has 0 bridgehead atoms. The van der Waals surface area contributed by atoms with Crippen molar-refractivity contribution in [3.05, 3.63) is 34.9 Å². The first-order chi connectivity index (χ1) is 6.70. The van der Waals surface area contributed by atoms with Gasteiger partial charge in [0.05, 0.1) is 6.10 Å². The number of rotatable bonds is 2. The standard InChI is InChI=1S/C13H18O/c1-3-10-6-12-5-4-11(9(2)14)8-13(12)7-10/h4-5,8-10,14H,3,6-7H2,1-2H3/t9-,10-/m1/s1. The van der Waals surface area contributed by atoms with E-state index in [0.29, 0.717) is 0 Å². The Hall–Kier alpha value is -0.820. The third kappa shape index (κ3) is 1.69. The summed E-state index contributed by atoms with van der Waals surface area (Å²) in [4.78, 5) is 0.